The third kappa shape index (κ3) is 6.83. The van der Waals surface area contributed by atoms with Crippen LogP contribution >= 0.6 is 23.8 Å². The molecule has 184 valence electrons. The van der Waals surface area contributed by atoms with Crippen molar-refractivity contribution in [2.24, 2.45) is 0 Å². The molecule has 6 nitrogen and oxygen atoms in total. The minimum absolute atomic E-state index is 0.0530. The molecule has 1 aliphatic carbocycles. The molecule has 11 heteroatoms. The van der Waals surface area contributed by atoms with Crippen molar-refractivity contribution in [1.29, 1.82) is 0 Å². The molecule has 1 atom stereocenters. The number of carboxylic acids is 1. The van der Waals surface area contributed by atoms with Gasteiger partial charge in [0, 0.05) is 40.1 Å². The quantitative estimate of drug-likeness (QED) is 0.322. The van der Waals surface area contributed by atoms with Gasteiger partial charge in [-0.2, -0.15) is 0 Å². The predicted molar refractivity (Wildman–Crippen MR) is 126 cm³/mol. The molecule has 0 radical (unpaired) electrons. The molecule has 0 heterocycles. The van der Waals surface area contributed by atoms with Gasteiger partial charge in [-0.3, -0.25) is 4.79 Å². The lowest BCUT2D eigenvalue weighted by atomic mass is 10.1. The molecule has 2 N–H and O–H groups in total. The number of carboxylic acid groups (broad SMARTS) is 1. The van der Waals surface area contributed by atoms with Gasteiger partial charge in [-0.15, -0.1) is 24.9 Å². The van der Waals surface area contributed by atoms with Crippen LogP contribution in [0, 0.1) is 0 Å². The Labute approximate surface area is 204 Å². The topological polar surface area (TPSA) is 78.9 Å². The molecule has 1 aliphatic rings. The molecule has 2 aromatic rings. The van der Waals surface area contributed by atoms with E-state index in [-0.39, 0.29) is 29.0 Å². The SMILES string of the molecule is CCN(C(=O)Nc1ccc(SOC(F)(F)F)cc1)C1Cc2ccc(SC(C)(C)C(=O)O)cc2C1. The van der Waals surface area contributed by atoms with Gasteiger partial charge in [-0.25, -0.2) is 8.98 Å². The van der Waals surface area contributed by atoms with Gasteiger partial charge in [0.25, 0.3) is 0 Å². The summed E-state index contributed by atoms with van der Waals surface area (Å²) in [5.74, 6) is -0.885. The number of hydrogen-bond acceptors (Lipinski definition) is 5. The average molecular weight is 515 g/mol. The van der Waals surface area contributed by atoms with Gasteiger partial charge in [0.1, 0.15) is 4.75 Å². The van der Waals surface area contributed by atoms with Crippen LogP contribution in [0.2, 0.25) is 0 Å². The Morgan fingerprint density at radius 3 is 2.29 bits per heavy atom. The lowest BCUT2D eigenvalue weighted by molar-refractivity contribution is -0.266. The number of anilines is 1. The molecule has 1 unspecified atom stereocenters. The van der Waals surface area contributed by atoms with E-state index in [1.54, 1.807) is 18.7 Å². The number of carbonyl (C=O) groups excluding carboxylic acids is 1. The molecule has 0 spiro atoms. The summed E-state index contributed by atoms with van der Waals surface area (Å²) >= 11 is 1.49. The second-order valence-corrected chi connectivity index (χ2v) is 10.8. The molecule has 2 amide bonds. The maximum Gasteiger partial charge on any atom is 0.533 e. The van der Waals surface area contributed by atoms with Gasteiger partial charge in [0.15, 0.2) is 0 Å². The van der Waals surface area contributed by atoms with Crippen LogP contribution in [0.3, 0.4) is 0 Å². The number of carbonyl (C=O) groups is 2. The van der Waals surface area contributed by atoms with Gasteiger partial charge >= 0.3 is 18.4 Å². The van der Waals surface area contributed by atoms with Crippen LogP contribution in [-0.4, -0.2) is 45.7 Å². The first-order chi connectivity index (χ1) is 15.9. The Hall–Kier alpha value is -2.37. The molecule has 0 saturated heterocycles. The van der Waals surface area contributed by atoms with Gasteiger partial charge in [-0.05, 0) is 81.1 Å². The van der Waals surface area contributed by atoms with E-state index in [0.717, 1.165) is 16.0 Å². The first kappa shape index (κ1) is 26.2. The third-order valence-corrected chi connectivity index (χ3v) is 7.27. The minimum atomic E-state index is -4.73. The van der Waals surface area contributed by atoms with E-state index in [9.17, 15) is 27.9 Å². The molecule has 0 aromatic heterocycles. The van der Waals surface area contributed by atoms with Gasteiger partial charge < -0.3 is 15.3 Å². The third-order valence-electron chi connectivity index (χ3n) is 5.36. The largest absolute Gasteiger partial charge is 0.533 e. The number of hydrogen-bond donors (Lipinski definition) is 2. The van der Waals surface area contributed by atoms with E-state index < -0.39 is 17.1 Å². The molecule has 34 heavy (non-hydrogen) atoms. The summed E-state index contributed by atoms with van der Waals surface area (Å²) < 4.78 is 39.3. The minimum Gasteiger partial charge on any atom is -0.480 e. The van der Waals surface area contributed by atoms with E-state index in [1.165, 1.54) is 36.0 Å². The van der Waals surface area contributed by atoms with Crippen molar-refractivity contribution in [2.75, 3.05) is 11.9 Å². The average Bonchev–Trinajstić information content (AvgIpc) is 3.15. The Kier molecular flexibility index (Phi) is 8.10. The number of fused-ring (bicyclic) bond motifs is 1. The normalized spacial score (nSPS) is 15.6. The maximum absolute atomic E-state index is 12.9. The van der Waals surface area contributed by atoms with Crippen LogP contribution in [0.5, 0.6) is 0 Å². The number of nitrogens with one attached hydrogen (secondary N) is 1. The van der Waals surface area contributed by atoms with E-state index in [1.807, 2.05) is 25.1 Å². The zero-order valence-electron chi connectivity index (χ0n) is 18.8. The van der Waals surface area contributed by atoms with Crippen molar-refractivity contribution in [3.05, 3.63) is 53.6 Å². The second kappa shape index (κ2) is 10.5. The standard InChI is InChI=1S/C23H25F3N2O4S2/c1-4-28(21(31)27-16-6-9-18(10-7-16)34-32-23(24,25)26)17-11-14-5-8-19(13-15(14)12-17)33-22(2,3)20(29)30/h5-10,13,17H,4,11-12H2,1-3H3,(H,27,31)(H,29,30). The molecule has 3 rings (SSSR count). The molecule has 2 aromatic carbocycles. The van der Waals surface area contributed by atoms with Crippen LogP contribution in [0.1, 0.15) is 31.9 Å². The molecule has 0 fully saturated rings. The van der Waals surface area contributed by atoms with Crippen LogP contribution in [0.4, 0.5) is 23.7 Å². The predicted octanol–water partition coefficient (Wildman–Crippen LogP) is 6.21. The van der Waals surface area contributed by atoms with Gasteiger partial charge in [-0.1, -0.05) is 6.07 Å². The zero-order chi connectivity index (χ0) is 25.1. The highest BCUT2D eigenvalue weighted by Crippen LogP contribution is 2.36. The molecule has 0 aliphatic heterocycles. The van der Waals surface area contributed by atoms with Crippen LogP contribution in [0.25, 0.3) is 0 Å². The zero-order valence-corrected chi connectivity index (χ0v) is 20.4. The fourth-order valence-electron chi connectivity index (χ4n) is 3.65. The van der Waals surface area contributed by atoms with Crippen molar-refractivity contribution in [1.82, 2.24) is 4.90 Å². The van der Waals surface area contributed by atoms with Crippen molar-refractivity contribution in [2.45, 2.75) is 60.6 Å². The van der Waals surface area contributed by atoms with Crippen LogP contribution in [0.15, 0.2) is 52.3 Å². The Bertz CT molecular complexity index is 1050. The molecule has 0 saturated carbocycles. The number of aliphatic carboxylic acids is 1. The Balaban J connectivity index is 1.62. The first-order valence-corrected chi connectivity index (χ1v) is 12.1. The van der Waals surface area contributed by atoms with E-state index in [2.05, 4.69) is 9.50 Å². The summed E-state index contributed by atoms with van der Waals surface area (Å²) in [6, 6.07) is 11.5. The molecular formula is C23H25F3N2O4S2. The lowest BCUT2D eigenvalue weighted by Crippen LogP contribution is -2.43. The van der Waals surface area contributed by atoms with Crippen molar-refractivity contribution in [3.63, 3.8) is 0 Å². The Morgan fingerprint density at radius 1 is 1.09 bits per heavy atom. The van der Waals surface area contributed by atoms with E-state index in [4.69, 9.17) is 0 Å². The highest BCUT2D eigenvalue weighted by Gasteiger charge is 2.32. The summed E-state index contributed by atoms with van der Waals surface area (Å²) in [7, 11) is 0. The number of rotatable bonds is 8. The fraction of sp³-hybridized carbons (Fsp3) is 0.391. The number of urea groups is 1. The van der Waals surface area contributed by atoms with Crippen molar-refractivity contribution in [3.8, 4) is 0 Å². The highest BCUT2D eigenvalue weighted by atomic mass is 32.2. The summed E-state index contributed by atoms with van der Waals surface area (Å²) in [6.45, 7) is 5.68. The Morgan fingerprint density at radius 2 is 1.71 bits per heavy atom. The summed E-state index contributed by atoms with van der Waals surface area (Å²) in [5.41, 5.74) is 2.68. The number of likely N-dealkylation sites (N-methyl/N-ethyl adjacent to an activating group) is 1. The highest BCUT2D eigenvalue weighted by molar-refractivity contribution is 8.01. The summed E-state index contributed by atoms with van der Waals surface area (Å²) in [4.78, 5) is 27.2. The number of nitrogens with zero attached hydrogens (tertiary/aromatic N) is 1. The number of thioether (sulfide) groups is 1. The number of halogens is 3. The smallest absolute Gasteiger partial charge is 0.480 e. The lowest BCUT2D eigenvalue weighted by Gasteiger charge is -2.28. The summed E-state index contributed by atoms with van der Waals surface area (Å²) in [6.07, 6.45) is -3.39. The maximum atomic E-state index is 12.9. The number of benzene rings is 2. The fourth-order valence-corrected chi connectivity index (χ4v) is 5.10. The van der Waals surface area contributed by atoms with Crippen molar-refractivity contribution >= 4 is 41.5 Å². The van der Waals surface area contributed by atoms with Gasteiger partial charge in [0.2, 0.25) is 0 Å². The van der Waals surface area contributed by atoms with E-state index in [0.29, 0.717) is 25.1 Å². The first-order valence-electron chi connectivity index (χ1n) is 10.5. The van der Waals surface area contributed by atoms with Crippen molar-refractivity contribution < 1.29 is 32.0 Å². The number of alkyl halides is 3. The van der Waals surface area contributed by atoms with Crippen LogP contribution in [-0.2, 0) is 21.8 Å². The molecule has 0 bridgehead atoms. The molecular weight excluding hydrogens is 489 g/mol. The number of amides is 2. The monoisotopic (exact) mass is 514 g/mol. The van der Waals surface area contributed by atoms with Gasteiger partial charge in [0.05, 0.1) is 0 Å². The summed E-state index contributed by atoms with van der Waals surface area (Å²) in [5, 5.41) is 12.2. The van der Waals surface area contributed by atoms with E-state index >= 15 is 0 Å². The van der Waals surface area contributed by atoms with Crippen LogP contribution < -0.4 is 5.32 Å². The second-order valence-electron chi connectivity index (χ2n) is 8.26.